The lowest BCUT2D eigenvalue weighted by Crippen LogP contribution is -2.10. The zero-order chi connectivity index (χ0) is 14.7. The first-order valence-electron chi connectivity index (χ1n) is 6.44. The van der Waals surface area contributed by atoms with Crippen molar-refractivity contribution in [1.82, 2.24) is 4.98 Å². The fourth-order valence-corrected chi connectivity index (χ4v) is 1.97. The van der Waals surface area contributed by atoms with Crippen LogP contribution < -0.4 is 10.3 Å². The number of rotatable bonds is 1. The van der Waals surface area contributed by atoms with Gasteiger partial charge in [0.05, 0.1) is 11.6 Å². The fraction of sp³-hybridized carbons (Fsp3) is 0.250. The fourth-order valence-electron chi connectivity index (χ4n) is 1.97. The molecule has 0 saturated heterocycles. The Labute approximate surface area is 118 Å². The van der Waals surface area contributed by atoms with Crippen molar-refractivity contribution in [2.75, 3.05) is 19.0 Å². The van der Waals surface area contributed by atoms with E-state index in [9.17, 15) is 0 Å². The van der Waals surface area contributed by atoms with Gasteiger partial charge >= 0.3 is 0 Å². The van der Waals surface area contributed by atoms with Crippen molar-refractivity contribution in [3.8, 4) is 0 Å². The monoisotopic (exact) mass is 269 g/mol. The molecule has 0 saturated carbocycles. The minimum atomic E-state index is 0.417. The van der Waals surface area contributed by atoms with Gasteiger partial charge in [0.2, 0.25) is 0 Å². The Balaban J connectivity index is 2.82. The molecule has 0 amide bonds. The van der Waals surface area contributed by atoms with Crippen molar-refractivity contribution in [2.45, 2.75) is 13.8 Å². The van der Waals surface area contributed by atoms with E-state index in [0.29, 0.717) is 10.9 Å². The molecule has 1 N–H and O–H groups in total. The van der Waals surface area contributed by atoms with Gasteiger partial charge < -0.3 is 14.7 Å². The standard InChI is InChI=1S/C16H19N3O/c1-11-5-7-18-14-9-12(2)15(19(3)4)10-16(14)20-8-6-13(11)17/h5-10,17H,1-4H3. The molecule has 2 rings (SSSR count). The number of anilines is 1. The van der Waals surface area contributed by atoms with Gasteiger partial charge in [-0.15, -0.1) is 0 Å². The molecule has 4 heteroatoms. The van der Waals surface area contributed by atoms with Crippen LogP contribution >= 0.6 is 0 Å². The average molecular weight is 269 g/mol. The van der Waals surface area contributed by atoms with E-state index in [1.54, 1.807) is 12.3 Å². The first kappa shape index (κ1) is 14.1. The largest absolute Gasteiger partial charge is 0.463 e. The minimum absolute atomic E-state index is 0.417. The van der Waals surface area contributed by atoms with Crippen LogP contribution in [0.4, 0.5) is 5.69 Å². The highest BCUT2D eigenvalue weighted by Gasteiger charge is 2.04. The Bertz CT molecular complexity index is 746. The summed E-state index contributed by atoms with van der Waals surface area (Å²) in [5.41, 5.74) is 4.55. The second kappa shape index (κ2) is 5.74. The molecule has 104 valence electrons. The summed E-state index contributed by atoms with van der Waals surface area (Å²) in [6.45, 7) is 3.93. The number of aryl methyl sites for hydroxylation is 2. The quantitative estimate of drug-likeness (QED) is 0.865. The highest BCUT2D eigenvalue weighted by molar-refractivity contribution is 5.78. The molecule has 0 spiro atoms. The highest BCUT2D eigenvalue weighted by Crippen LogP contribution is 2.23. The van der Waals surface area contributed by atoms with E-state index in [1.165, 1.54) is 6.26 Å². The first-order valence-corrected chi connectivity index (χ1v) is 6.44. The molecule has 4 nitrogen and oxygen atoms in total. The van der Waals surface area contributed by atoms with Gasteiger partial charge in [0, 0.05) is 32.0 Å². The summed E-state index contributed by atoms with van der Waals surface area (Å²) in [4.78, 5) is 6.46. The van der Waals surface area contributed by atoms with E-state index >= 15 is 0 Å². The molecule has 1 heterocycles. The first-order chi connectivity index (χ1) is 9.49. The van der Waals surface area contributed by atoms with Gasteiger partial charge in [-0.1, -0.05) is 0 Å². The van der Waals surface area contributed by atoms with Crippen LogP contribution in [0.3, 0.4) is 0 Å². The van der Waals surface area contributed by atoms with Crippen LogP contribution in [0.25, 0.3) is 11.1 Å². The van der Waals surface area contributed by atoms with E-state index in [-0.39, 0.29) is 0 Å². The minimum Gasteiger partial charge on any atom is -0.463 e. The highest BCUT2D eigenvalue weighted by atomic mass is 16.3. The molecular formula is C16H19N3O. The summed E-state index contributed by atoms with van der Waals surface area (Å²) in [7, 11) is 3.99. The van der Waals surface area contributed by atoms with Crippen molar-refractivity contribution in [1.29, 1.82) is 5.41 Å². The van der Waals surface area contributed by atoms with E-state index in [2.05, 4.69) is 11.9 Å². The lowest BCUT2D eigenvalue weighted by Gasteiger charge is -2.15. The average Bonchev–Trinajstić information content (AvgIpc) is 2.39. The molecule has 0 aliphatic carbocycles. The predicted molar refractivity (Wildman–Crippen MR) is 81.3 cm³/mol. The summed E-state index contributed by atoms with van der Waals surface area (Å²) in [6.07, 6.45) is 3.24. The number of aromatic nitrogens is 1. The van der Waals surface area contributed by atoms with Gasteiger partial charge in [-0.25, -0.2) is 0 Å². The molecule has 2 aromatic rings. The third-order valence-corrected chi connectivity index (χ3v) is 3.15. The van der Waals surface area contributed by atoms with Gasteiger partial charge in [0.15, 0.2) is 5.58 Å². The van der Waals surface area contributed by atoms with Gasteiger partial charge in [0.1, 0.15) is 5.52 Å². The molecule has 0 unspecified atom stereocenters. The molecule has 0 bridgehead atoms. The molecule has 0 aliphatic heterocycles. The van der Waals surface area contributed by atoms with Gasteiger partial charge in [-0.3, -0.25) is 4.98 Å². The maximum atomic E-state index is 7.82. The van der Waals surface area contributed by atoms with E-state index in [0.717, 1.165) is 22.3 Å². The summed E-state index contributed by atoms with van der Waals surface area (Å²) in [5, 5.41) is 8.24. The van der Waals surface area contributed by atoms with Crippen molar-refractivity contribution in [3.05, 3.63) is 53.2 Å². The zero-order valence-corrected chi connectivity index (χ0v) is 12.3. The summed E-state index contributed by atoms with van der Waals surface area (Å²) in [5.74, 6) is 0. The lowest BCUT2D eigenvalue weighted by molar-refractivity contribution is 0.604. The van der Waals surface area contributed by atoms with Crippen LogP contribution in [0.1, 0.15) is 11.1 Å². The van der Waals surface area contributed by atoms with Gasteiger partial charge in [-0.2, -0.15) is 0 Å². The Morgan fingerprint density at radius 1 is 1.10 bits per heavy atom. The van der Waals surface area contributed by atoms with Crippen molar-refractivity contribution in [2.24, 2.45) is 0 Å². The Morgan fingerprint density at radius 2 is 1.85 bits per heavy atom. The number of nitrogens with zero attached hydrogens (tertiary/aromatic N) is 2. The number of hydrogen-bond acceptors (Lipinski definition) is 4. The Kier molecular flexibility index (Phi) is 4.03. The molecule has 0 atom stereocenters. The number of nitrogens with one attached hydrogen (secondary N) is 1. The molecule has 20 heavy (non-hydrogen) atoms. The number of hydrogen-bond donors (Lipinski definition) is 1. The van der Waals surface area contributed by atoms with Crippen LogP contribution in [-0.4, -0.2) is 19.1 Å². The van der Waals surface area contributed by atoms with E-state index in [1.807, 2.05) is 44.1 Å². The molecule has 1 aromatic carbocycles. The van der Waals surface area contributed by atoms with Crippen molar-refractivity contribution in [3.63, 3.8) is 0 Å². The maximum absolute atomic E-state index is 7.82. The molecule has 0 aliphatic rings. The Morgan fingerprint density at radius 3 is 2.55 bits per heavy atom. The van der Waals surface area contributed by atoms with E-state index in [4.69, 9.17) is 9.83 Å². The van der Waals surface area contributed by atoms with Crippen LogP contribution in [0.15, 0.2) is 41.1 Å². The molecule has 0 radical (unpaired) electrons. The zero-order valence-electron chi connectivity index (χ0n) is 12.3. The topological polar surface area (TPSA) is 53.1 Å². The second-order valence-corrected chi connectivity index (χ2v) is 4.96. The summed E-state index contributed by atoms with van der Waals surface area (Å²) >= 11 is 0. The smallest absolute Gasteiger partial charge is 0.154 e. The lowest BCUT2D eigenvalue weighted by atomic mass is 10.1. The van der Waals surface area contributed by atoms with Crippen LogP contribution in [0.2, 0.25) is 0 Å². The maximum Gasteiger partial charge on any atom is 0.154 e. The van der Waals surface area contributed by atoms with Crippen molar-refractivity contribution >= 4 is 16.8 Å². The van der Waals surface area contributed by atoms with Crippen molar-refractivity contribution < 1.29 is 4.42 Å². The number of benzene rings is 1. The normalized spacial score (nSPS) is 10.2. The SMILES string of the molecule is Cc1cc2nccc(C)c(=N)ccoc2cc1N(C)C. The Hall–Kier alpha value is -2.36. The third-order valence-electron chi connectivity index (χ3n) is 3.15. The van der Waals surface area contributed by atoms with E-state index < -0.39 is 0 Å². The molecule has 1 aromatic heterocycles. The second-order valence-electron chi connectivity index (χ2n) is 4.96. The summed E-state index contributed by atoms with van der Waals surface area (Å²) in [6, 6.07) is 7.44. The summed E-state index contributed by atoms with van der Waals surface area (Å²) < 4.78 is 5.64. The van der Waals surface area contributed by atoms with Crippen LogP contribution in [-0.2, 0) is 0 Å². The van der Waals surface area contributed by atoms with Gasteiger partial charge in [0.25, 0.3) is 0 Å². The van der Waals surface area contributed by atoms with Crippen LogP contribution in [0.5, 0.6) is 0 Å². The predicted octanol–water partition coefficient (Wildman–Crippen LogP) is 3.11. The number of fused-ring (bicyclic) bond motifs is 1. The van der Waals surface area contributed by atoms with Gasteiger partial charge in [-0.05, 0) is 43.2 Å². The van der Waals surface area contributed by atoms with Crippen LogP contribution in [0, 0.1) is 19.3 Å². The molecular weight excluding hydrogens is 250 g/mol. The third kappa shape index (κ3) is 2.96. The molecule has 0 fully saturated rings.